The molecule has 0 saturated carbocycles. The molecule has 0 aromatic heterocycles. The van der Waals surface area contributed by atoms with E-state index in [1.54, 1.807) is 6.92 Å². The Kier molecular flexibility index (Phi) is 131. The van der Waals surface area contributed by atoms with E-state index >= 15 is 0 Å². The van der Waals surface area contributed by atoms with Crippen molar-refractivity contribution in [2.24, 2.45) is 5.41 Å². The molecule has 768 valence electrons. The number of carbonyl (C=O) groups is 1. The second-order valence-electron chi connectivity index (χ2n) is 36.8. The van der Waals surface area contributed by atoms with Gasteiger partial charge in [-0.05, 0) is 233 Å². The third-order valence-corrected chi connectivity index (χ3v) is 57.8. The largest absolute Gasteiger partial charge is 0.462 e. The minimum Gasteiger partial charge on any atom is -0.462 e. The number of unbranched alkanes of at least 4 members (excludes halogenated alkanes) is 24. The Morgan fingerprint density at radius 3 is 0.877 bits per heavy atom. The van der Waals surface area contributed by atoms with E-state index in [1.165, 1.54) is 160 Å². The molecule has 0 saturated heterocycles. The van der Waals surface area contributed by atoms with Crippen molar-refractivity contribution < 1.29 is 77.5 Å². The van der Waals surface area contributed by atoms with Gasteiger partial charge in [-0.25, -0.2) is 4.79 Å². The molecule has 0 heterocycles. The Labute approximate surface area is 786 Å². The average Bonchev–Trinajstić information content (AvgIpc) is 0.823. The summed E-state index contributed by atoms with van der Waals surface area (Å²) in [5.74, 6) is -0.274. The van der Waals surface area contributed by atoms with Crippen LogP contribution in [0.1, 0.15) is 333 Å². The zero-order chi connectivity index (χ0) is 81.0. The summed E-state index contributed by atoms with van der Waals surface area (Å²) in [7, 11) is -20.2. The molecule has 0 aliphatic rings. The van der Waals surface area contributed by atoms with Crippen LogP contribution in [0.15, 0.2) is 12.2 Å². The first kappa shape index (κ1) is 173. The van der Waals surface area contributed by atoms with Crippen molar-refractivity contribution in [3.05, 3.63) is 12.2 Å². The van der Waals surface area contributed by atoms with Crippen molar-refractivity contribution in [3.8, 4) is 0 Å². The van der Waals surface area contributed by atoms with Crippen molar-refractivity contribution >= 4 is 98.7 Å². The molecule has 0 fully saturated rings. The summed E-state index contributed by atoms with van der Waals surface area (Å²) in [6, 6.07) is 5.27. The molecule has 0 aliphatic heterocycles. The molecule has 0 radical (unpaired) electrons. The monoisotopic (exact) mass is 1960 g/mol. The Morgan fingerprint density at radius 1 is 0.336 bits per heavy atom. The first-order valence-electron chi connectivity index (χ1n) is 41.8. The highest BCUT2D eigenvalue weighted by atomic mass is 28.5. The van der Waals surface area contributed by atoms with Gasteiger partial charge in [-0.3, -0.25) is 0 Å². The van der Waals surface area contributed by atoms with Crippen LogP contribution in [0, 0.1) is 5.41 Å². The maximum atomic E-state index is 11.4. The van der Waals surface area contributed by atoms with Crippen LogP contribution in [0.2, 0.25) is 181 Å². The Balaban J connectivity index is -0.0000000685. The summed E-state index contributed by atoms with van der Waals surface area (Å²) in [5, 5.41) is 49.7. The highest BCUT2D eigenvalue weighted by Crippen LogP contribution is 2.34. The number of nitrogens with one attached hydrogen (secondary N) is 1. The second-order valence-corrected chi connectivity index (χ2v) is 82.0. The van der Waals surface area contributed by atoms with Crippen molar-refractivity contribution in [2.75, 3.05) is 73.1 Å². The number of hydrogen-bond donors (Lipinski definition) is 6. The molecule has 3 unspecified atom stereocenters. The highest BCUT2D eigenvalue weighted by Gasteiger charge is 2.47. The number of aliphatic hydroxyl groups excluding tert-OH is 5. The molecule has 0 spiro atoms. The van der Waals surface area contributed by atoms with Gasteiger partial charge >= 0.3 is 48.8 Å². The predicted molar refractivity (Wildman–Crippen MR) is 588 cm³/mol. The second kappa shape index (κ2) is 92.4. The number of ether oxygens (including phenoxy) is 3. The standard InChI is InChI=1S/C34H74O6Si4.C24H59NO8Si4.C18H44O3Si3.17CH4/c1-33(2)34(36)37-30-26-22-18-14-12-16-20-24-28-32-44(10,40-43(8,9)38-41(3,4)5)39-42(6,7)31-27-23-19-15-11-13-17-21-25-29-35;1-11-24(20-26,21-27)22-30-15-12-16-35(6,7)32-37(10,33-36(8,9)31-34(3,4)5)17-13-14-29-19-23(28)18-25-2;1-22(2,3)20-24(6,7)21-23(4,5)18-16-14-12-10-8-9-11-13-15-17-19;;;;;;;;;;;;;;;;;/h35H,1,11-32H2,2-10H3;23,25-28H,11-22H2,1-10H3;19H,8-18H2,1-7H3;17*1H4. The first-order valence-corrected chi connectivity index (χ1v) is 74.9. The maximum Gasteiger partial charge on any atom is 0.333 e. The summed E-state index contributed by atoms with van der Waals surface area (Å²) in [4.78, 5) is 11.4. The molecule has 6 N–H and O–H groups in total. The van der Waals surface area contributed by atoms with E-state index in [0.29, 0.717) is 64.8 Å². The summed E-state index contributed by atoms with van der Waals surface area (Å²) in [5.41, 5.74) is -0.0950. The topological polar surface area (TPSA) is 232 Å². The number of hydrogen-bond acceptors (Lipinski definition) is 18. The summed E-state index contributed by atoms with van der Waals surface area (Å²) in [6.45, 7) is 62.3. The van der Waals surface area contributed by atoms with Gasteiger partial charge in [-0.15, -0.1) is 0 Å². The van der Waals surface area contributed by atoms with Gasteiger partial charge in [0.1, 0.15) is 0 Å². The average molecular weight is 1960 g/mol. The van der Waals surface area contributed by atoms with Gasteiger partial charge in [0.25, 0.3) is 0 Å². The molecule has 0 aromatic carbocycles. The molecular formula is C93H245NO17Si11. The lowest BCUT2D eigenvalue weighted by Gasteiger charge is -2.42. The minimum absolute atomic E-state index is 0. The SMILES string of the molecule is C.C.C.C.C.C.C.C.C.C.C.C.C.C.C.C.C.C=C(C)C(=O)OCCCCCCCCCCC[Si](C)(O[Si](C)(C)CCCCCCCCCCCO)O[Si](C)(C)O[Si](C)(C)C.CCC(CO)(CO)COCCC[Si](C)(C)O[Si](C)(CCCOCC(O)CNC)O[Si](C)(C)O[Si](C)(C)C.C[Si](C)(C)O[Si](C)(C)O[Si](C)(C)CCCCCCCCCCCO. The summed E-state index contributed by atoms with van der Waals surface area (Å²) < 4.78 is 70.6. The molecule has 0 bridgehead atoms. The fourth-order valence-corrected chi connectivity index (χ4v) is 64.9. The van der Waals surface area contributed by atoms with Gasteiger partial charge in [0.05, 0.1) is 39.1 Å². The Bertz CT molecular complexity index is 2120. The van der Waals surface area contributed by atoms with Crippen molar-refractivity contribution in [1.82, 2.24) is 5.32 Å². The number of carbonyl (C=O) groups excluding carboxylic acids is 1. The third kappa shape index (κ3) is 110. The highest BCUT2D eigenvalue weighted by molar-refractivity contribution is 6.91. The fraction of sp³-hybridized carbons (Fsp3) is 0.968. The van der Waals surface area contributed by atoms with Crippen LogP contribution < -0.4 is 5.32 Å². The van der Waals surface area contributed by atoms with Crippen molar-refractivity contribution in [3.63, 3.8) is 0 Å². The van der Waals surface area contributed by atoms with Crippen LogP contribution in [0.5, 0.6) is 0 Å². The van der Waals surface area contributed by atoms with Gasteiger partial charge < -0.3 is 78.0 Å². The Morgan fingerprint density at radius 2 is 0.590 bits per heavy atom. The zero-order valence-electron chi connectivity index (χ0n) is 73.7. The predicted octanol–water partition coefficient (Wildman–Crippen LogP) is 31.7. The number of likely N-dealkylation sites (N-methyl/N-ethyl adjacent to an activating group) is 1. The van der Waals surface area contributed by atoms with Crippen LogP contribution in [-0.4, -0.2) is 203 Å². The molecule has 0 amide bonds. The zero-order valence-corrected chi connectivity index (χ0v) is 84.7. The van der Waals surface area contributed by atoms with Gasteiger partial charge in [-0.2, -0.15) is 0 Å². The van der Waals surface area contributed by atoms with Gasteiger partial charge in [0.15, 0.2) is 49.9 Å². The Hall–Kier alpha value is 0.956. The van der Waals surface area contributed by atoms with Gasteiger partial charge in [0.2, 0.25) is 0 Å². The molecule has 29 heteroatoms. The van der Waals surface area contributed by atoms with Crippen molar-refractivity contribution in [1.29, 1.82) is 0 Å². The lowest BCUT2D eigenvalue weighted by atomic mass is 9.88. The fourth-order valence-electron chi connectivity index (χ4n) is 13.8. The van der Waals surface area contributed by atoms with E-state index in [-0.39, 0.29) is 145 Å². The molecule has 122 heavy (non-hydrogen) atoms. The van der Waals surface area contributed by atoms with E-state index in [1.807, 2.05) is 14.0 Å². The molecule has 0 aromatic rings. The van der Waals surface area contributed by atoms with E-state index in [0.717, 1.165) is 56.7 Å². The lowest BCUT2D eigenvalue weighted by molar-refractivity contribution is -0.139. The number of esters is 1. The summed E-state index contributed by atoms with van der Waals surface area (Å²) >= 11 is 0. The lowest BCUT2D eigenvalue weighted by Crippen LogP contribution is -2.57. The number of rotatable bonds is 68. The van der Waals surface area contributed by atoms with E-state index < -0.39 is 104 Å². The smallest absolute Gasteiger partial charge is 0.333 e. The maximum absolute atomic E-state index is 11.4. The van der Waals surface area contributed by atoms with Crippen LogP contribution >= 0.6 is 0 Å². The van der Waals surface area contributed by atoms with Crippen molar-refractivity contribution in [2.45, 2.75) is 520 Å². The first-order chi connectivity index (χ1) is 48.4. The summed E-state index contributed by atoms with van der Waals surface area (Å²) in [6.07, 6.45) is 35.3. The van der Waals surface area contributed by atoms with E-state index in [4.69, 9.17) is 57.3 Å². The van der Waals surface area contributed by atoms with Gasteiger partial charge in [-0.1, -0.05) is 294 Å². The molecular weight excluding hydrogens is 1710 g/mol. The van der Waals surface area contributed by atoms with Crippen LogP contribution in [0.25, 0.3) is 0 Å². The molecule has 3 atom stereocenters. The molecule has 0 rings (SSSR count). The minimum atomic E-state index is -2.57. The molecule has 18 nitrogen and oxygen atoms in total. The normalized spacial score (nSPS) is 12.6. The van der Waals surface area contributed by atoms with E-state index in [9.17, 15) is 20.1 Å². The molecule has 0 aliphatic carbocycles. The quantitative estimate of drug-likeness (QED) is 0.0144. The van der Waals surface area contributed by atoms with Gasteiger partial charge in [0, 0.05) is 44.0 Å². The van der Waals surface area contributed by atoms with Crippen LogP contribution in [0.3, 0.4) is 0 Å². The van der Waals surface area contributed by atoms with Crippen LogP contribution in [0.4, 0.5) is 0 Å². The van der Waals surface area contributed by atoms with Crippen LogP contribution in [-0.2, 0) is 51.9 Å². The number of aliphatic hydroxyl groups is 5. The van der Waals surface area contributed by atoms with E-state index in [2.05, 4.69) is 162 Å². The third-order valence-electron chi connectivity index (χ3n) is 17.9.